The van der Waals surface area contributed by atoms with Crippen LogP contribution in [0.25, 0.3) is 0 Å². The molecule has 1 heterocycles. The number of hydrogen-bond donors (Lipinski definition) is 0. The molecule has 0 aliphatic carbocycles. The van der Waals surface area contributed by atoms with Gasteiger partial charge in [0.25, 0.3) is 0 Å². The summed E-state index contributed by atoms with van der Waals surface area (Å²) in [7, 11) is 0. The van der Waals surface area contributed by atoms with Gasteiger partial charge in [0.2, 0.25) is 0 Å². The minimum absolute atomic E-state index is 0.0952. The number of nitrogens with zero attached hydrogens (tertiary/aromatic N) is 2. The zero-order chi connectivity index (χ0) is 15.6. The molecule has 1 aromatic rings. The van der Waals surface area contributed by atoms with Crippen LogP contribution < -0.4 is 0 Å². The summed E-state index contributed by atoms with van der Waals surface area (Å²) in [4.78, 5) is 17.0. The van der Waals surface area contributed by atoms with Crippen LogP contribution in [0, 0.1) is 0 Å². The highest BCUT2D eigenvalue weighted by molar-refractivity contribution is 6.42. The first-order valence-corrected chi connectivity index (χ1v) is 7.98. The molecule has 1 aliphatic rings. The average Bonchev–Trinajstić information content (AvgIpc) is 2.41. The van der Waals surface area contributed by atoms with Crippen LogP contribution in [0.15, 0.2) is 18.2 Å². The summed E-state index contributed by atoms with van der Waals surface area (Å²) >= 11 is 11.8. The van der Waals surface area contributed by atoms with Gasteiger partial charge in [-0.15, -0.1) is 0 Å². The fourth-order valence-corrected chi connectivity index (χ4v) is 2.84. The Balaban J connectivity index is 1.91. The molecule has 0 bridgehead atoms. The van der Waals surface area contributed by atoms with Gasteiger partial charge in [-0.3, -0.25) is 14.6 Å². The number of rotatable bonds is 3. The molecule has 0 atom stereocenters. The van der Waals surface area contributed by atoms with Crippen molar-refractivity contribution in [1.29, 1.82) is 0 Å². The molecule has 0 N–H and O–H groups in total. The monoisotopic (exact) mass is 328 g/mol. The molecule has 0 radical (unpaired) electrons. The van der Waals surface area contributed by atoms with E-state index in [4.69, 9.17) is 23.2 Å². The Hall–Kier alpha value is -0.610. The first kappa shape index (κ1) is 16.8. The summed E-state index contributed by atoms with van der Waals surface area (Å²) in [5.41, 5.74) is 0.822. The number of carbonyl (C=O) groups excluding carboxylic acids is 1. The maximum Gasteiger partial charge on any atom is 0.176 e. The van der Waals surface area contributed by atoms with Crippen molar-refractivity contribution in [2.24, 2.45) is 0 Å². The van der Waals surface area contributed by atoms with Gasteiger partial charge in [-0.25, -0.2) is 0 Å². The van der Waals surface area contributed by atoms with E-state index in [-0.39, 0.29) is 11.3 Å². The average molecular weight is 329 g/mol. The van der Waals surface area contributed by atoms with Crippen LogP contribution in [0.5, 0.6) is 0 Å². The van der Waals surface area contributed by atoms with Gasteiger partial charge in [-0.05, 0) is 39.0 Å². The molecule has 0 unspecified atom stereocenters. The SMILES string of the molecule is CC(C)(C)N1CCN(CC(=O)c2ccc(Cl)c(Cl)c2)CC1. The standard InChI is InChI=1S/C16H22Cl2N2O/c1-16(2,3)20-8-6-19(7-9-20)11-15(21)12-4-5-13(17)14(18)10-12/h4-5,10H,6-9,11H2,1-3H3. The van der Waals surface area contributed by atoms with E-state index >= 15 is 0 Å². The fourth-order valence-electron chi connectivity index (χ4n) is 2.54. The molecule has 5 heteroatoms. The Kier molecular flexibility index (Phi) is 5.31. The molecule has 0 saturated carbocycles. The lowest BCUT2D eigenvalue weighted by molar-refractivity contribution is 0.0579. The molecular weight excluding hydrogens is 307 g/mol. The van der Waals surface area contributed by atoms with Crippen molar-refractivity contribution in [1.82, 2.24) is 9.80 Å². The third kappa shape index (κ3) is 4.43. The third-order valence-corrected chi connectivity index (χ3v) is 4.67. The van der Waals surface area contributed by atoms with E-state index in [2.05, 4.69) is 30.6 Å². The van der Waals surface area contributed by atoms with Gasteiger partial charge in [0, 0.05) is 37.3 Å². The van der Waals surface area contributed by atoms with Crippen LogP contribution >= 0.6 is 23.2 Å². The highest BCUT2D eigenvalue weighted by atomic mass is 35.5. The Labute approximate surface area is 136 Å². The number of Topliss-reactive ketones (excluding diaryl/α,β-unsaturated/α-hetero) is 1. The van der Waals surface area contributed by atoms with Crippen LogP contribution in [-0.4, -0.2) is 53.8 Å². The second-order valence-corrected chi connectivity index (χ2v) is 7.30. The quantitative estimate of drug-likeness (QED) is 0.792. The lowest BCUT2D eigenvalue weighted by Crippen LogP contribution is -2.54. The van der Waals surface area contributed by atoms with Crippen molar-refractivity contribution >= 4 is 29.0 Å². The molecule has 0 aromatic heterocycles. The second-order valence-electron chi connectivity index (χ2n) is 6.49. The molecule has 0 spiro atoms. The number of ketones is 1. The minimum Gasteiger partial charge on any atom is -0.296 e. The first-order chi connectivity index (χ1) is 9.77. The molecular formula is C16H22Cl2N2O. The predicted octanol–water partition coefficient (Wildman–Crippen LogP) is 3.59. The lowest BCUT2D eigenvalue weighted by Gasteiger charge is -2.42. The second kappa shape index (κ2) is 6.66. The van der Waals surface area contributed by atoms with Gasteiger partial charge < -0.3 is 0 Å². The van der Waals surface area contributed by atoms with Gasteiger partial charge in [0.15, 0.2) is 5.78 Å². The van der Waals surface area contributed by atoms with Gasteiger partial charge in [0.05, 0.1) is 16.6 Å². The zero-order valence-electron chi connectivity index (χ0n) is 12.8. The van der Waals surface area contributed by atoms with Crippen molar-refractivity contribution in [3.8, 4) is 0 Å². The summed E-state index contributed by atoms with van der Waals surface area (Å²) in [5, 5.41) is 0.909. The molecule has 3 nitrogen and oxygen atoms in total. The number of carbonyl (C=O) groups is 1. The van der Waals surface area contributed by atoms with Crippen molar-refractivity contribution in [3.05, 3.63) is 33.8 Å². The first-order valence-electron chi connectivity index (χ1n) is 7.23. The van der Waals surface area contributed by atoms with Crippen LogP contribution in [0.1, 0.15) is 31.1 Å². The Morgan fingerprint density at radius 1 is 1.10 bits per heavy atom. The number of piperazine rings is 1. The summed E-state index contributed by atoms with van der Waals surface area (Å²) in [5.74, 6) is 0.0952. The summed E-state index contributed by atoms with van der Waals surface area (Å²) < 4.78 is 0. The van der Waals surface area contributed by atoms with Gasteiger partial charge >= 0.3 is 0 Å². The molecule has 2 rings (SSSR count). The molecule has 21 heavy (non-hydrogen) atoms. The zero-order valence-corrected chi connectivity index (χ0v) is 14.3. The summed E-state index contributed by atoms with van der Waals surface area (Å²) in [6, 6.07) is 5.06. The van der Waals surface area contributed by atoms with E-state index in [9.17, 15) is 4.79 Å². The van der Waals surface area contributed by atoms with Crippen molar-refractivity contribution in [2.75, 3.05) is 32.7 Å². The smallest absolute Gasteiger partial charge is 0.176 e. The van der Waals surface area contributed by atoms with Gasteiger partial charge in [0.1, 0.15) is 0 Å². The van der Waals surface area contributed by atoms with Crippen molar-refractivity contribution in [3.63, 3.8) is 0 Å². The molecule has 116 valence electrons. The molecule has 1 fully saturated rings. The minimum atomic E-state index is 0.0952. The van der Waals surface area contributed by atoms with E-state index in [0.29, 0.717) is 22.2 Å². The Morgan fingerprint density at radius 3 is 2.24 bits per heavy atom. The van der Waals surface area contributed by atoms with E-state index in [0.717, 1.165) is 26.2 Å². The van der Waals surface area contributed by atoms with Gasteiger partial charge in [-0.2, -0.15) is 0 Å². The van der Waals surface area contributed by atoms with E-state index in [1.807, 2.05) is 0 Å². The third-order valence-electron chi connectivity index (χ3n) is 3.93. The Bertz CT molecular complexity index is 517. The van der Waals surface area contributed by atoms with Crippen molar-refractivity contribution in [2.45, 2.75) is 26.3 Å². The van der Waals surface area contributed by atoms with Crippen LogP contribution in [-0.2, 0) is 0 Å². The predicted molar refractivity (Wildman–Crippen MR) is 88.6 cm³/mol. The topological polar surface area (TPSA) is 23.6 Å². The molecule has 1 saturated heterocycles. The Morgan fingerprint density at radius 2 is 1.71 bits per heavy atom. The molecule has 0 amide bonds. The molecule has 1 aliphatic heterocycles. The van der Waals surface area contributed by atoms with Gasteiger partial charge in [-0.1, -0.05) is 23.2 Å². The van der Waals surface area contributed by atoms with Crippen molar-refractivity contribution < 1.29 is 4.79 Å². The largest absolute Gasteiger partial charge is 0.296 e. The summed E-state index contributed by atoms with van der Waals surface area (Å²) in [6.45, 7) is 11.0. The summed E-state index contributed by atoms with van der Waals surface area (Å²) in [6.07, 6.45) is 0. The maximum absolute atomic E-state index is 12.3. The highest BCUT2D eigenvalue weighted by Crippen LogP contribution is 2.23. The number of hydrogen-bond acceptors (Lipinski definition) is 3. The van der Waals surface area contributed by atoms with Crippen LogP contribution in [0.3, 0.4) is 0 Å². The molecule has 1 aromatic carbocycles. The van der Waals surface area contributed by atoms with E-state index in [1.54, 1.807) is 18.2 Å². The van der Waals surface area contributed by atoms with Crippen LogP contribution in [0.4, 0.5) is 0 Å². The van der Waals surface area contributed by atoms with Crippen LogP contribution in [0.2, 0.25) is 10.0 Å². The fraction of sp³-hybridized carbons (Fsp3) is 0.562. The maximum atomic E-state index is 12.3. The van der Waals surface area contributed by atoms with E-state index in [1.165, 1.54) is 0 Å². The normalized spacial score (nSPS) is 18.0. The number of halogens is 2. The van der Waals surface area contributed by atoms with E-state index < -0.39 is 0 Å². The lowest BCUT2D eigenvalue weighted by atomic mass is 10.0. The number of benzene rings is 1. The highest BCUT2D eigenvalue weighted by Gasteiger charge is 2.26.